The molecule has 0 aromatic carbocycles. The second kappa shape index (κ2) is 6.38. The second-order valence-corrected chi connectivity index (χ2v) is 6.96. The van der Waals surface area contributed by atoms with Crippen LogP contribution in [0.4, 0.5) is 0 Å². The zero-order chi connectivity index (χ0) is 15.7. The molecular formula is C15H19ClN4OS. The molecule has 5 nitrogen and oxygen atoms in total. The average molecular weight is 339 g/mol. The summed E-state index contributed by atoms with van der Waals surface area (Å²) in [5.74, 6) is 1.89. The summed E-state index contributed by atoms with van der Waals surface area (Å²) in [6.07, 6.45) is 5.67. The predicted molar refractivity (Wildman–Crippen MR) is 89.4 cm³/mol. The first-order chi connectivity index (χ1) is 10.6. The number of thioether (sulfide) groups is 1. The topological polar surface area (TPSA) is 43.1 Å². The summed E-state index contributed by atoms with van der Waals surface area (Å²) in [5.41, 5.74) is 1.73. The molecule has 0 unspecified atom stereocenters. The molecule has 0 aliphatic carbocycles. The first kappa shape index (κ1) is 15.5. The van der Waals surface area contributed by atoms with Gasteiger partial charge < -0.3 is 9.47 Å². The van der Waals surface area contributed by atoms with E-state index in [1.807, 2.05) is 40.8 Å². The fraction of sp³-hybridized carbons (Fsp3) is 0.467. The zero-order valence-electron chi connectivity index (χ0n) is 12.7. The monoisotopic (exact) mass is 338 g/mol. The molecule has 1 saturated heterocycles. The summed E-state index contributed by atoms with van der Waals surface area (Å²) in [5, 5.41) is 4.93. The maximum Gasteiger partial charge on any atom is 0.271 e. The normalized spacial score (nSPS) is 18.7. The fourth-order valence-electron chi connectivity index (χ4n) is 2.73. The molecule has 1 amide bonds. The van der Waals surface area contributed by atoms with Gasteiger partial charge in [-0.3, -0.25) is 9.48 Å². The maximum absolute atomic E-state index is 12.9. The third-order valence-electron chi connectivity index (χ3n) is 3.94. The zero-order valence-corrected chi connectivity index (χ0v) is 14.3. The second-order valence-electron chi connectivity index (χ2n) is 5.37. The van der Waals surface area contributed by atoms with Gasteiger partial charge in [0.05, 0.1) is 17.3 Å². The van der Waals surface area contributed by atoms with Crippen LogP contribution in [0.2, 0.25) is 5.02 Å². The lowest BCUT2D eigenvalue weighted by Gasteiger charge is -2.35. The number of carbonyl (C=O) groups is 1. The quantitative estimate of drug-likeness (QED) is 0.864. The number of nitrogens with zero attached hydrogens (tertiary/aromatic N) is 4. The van der Waals surface area contributed by atoms with Crippen molar-refractivity contribution in [1.29, 1.82) is 0 Å². The van der Waals surface area contributed by atoms with Crippen LogP contribution in [-0.4, -0.2) is 43.2 Å². The molecule has 0 N–H and O–H groups in total. The molecule has 118 valence electrons. The van der Waals surface area contributed by atoms with Crippen molar-refractivity contribution in [3.8, 4) is 0 Å². The molecule has 1 atom stereocenters. The molecule has 3 heterocycles. The molecule has 1 aliphatic rings. The van der Waals surface area contributed by atoms with Gasteiger partial charge in [0.15, 0.2) is 0 Å². The molecule has 0 bridgehead atoms. The van der Waals surface area contributed by atoms with E-state index < -0.39 is 0 Å². The van der Waals surface area contributed by atoms with Gasteiger partial charge in [-0.1, -0.05) is 11.6 Å². The third kappa shape index (κ3) is 2.90. The van der Waals surface area contributed by atoms with Crippen molar-refractivity contribution < 1.29 is 4.79 Å². The number of rotatable bonds is 3. The van der Waals surface area contributed by atoms with Gasteiger partial charge in [-0.25, -0.2) is 0 Å². The van der Waals surface area contributed by atoms with Crippen molar-refractivity contribution in [3.63, 3.8) is 0 Å². The molecule has 0 radical (unpaired) electrons. The van der Waals surface area contributed by atoms with Crippen LogP contribution in [0.25, 0.3) is 0 Å². The van der Waals surface area contributed by atoms with Crippen LogP contribution >= 0.6 is 23.4 Å². The predicted octanol–water partition coefficient (Wildman–Crippen LogP) is 2.83. The molecule has 1 fully saturated rings. The van der Waals surface area contributed by atoms with Crippen LogP contribution in [-0.2, 0) is 13.6 Å². The van der Waals surface area contributed by atoms with Crippen molar-refractivity contribution in [2.75, 3.05) is 18.1 Å². The highest BCUT2D eigenvalue weighted by molar-refractivity contribution is 7.99. The van der Waals surface area contributed by atoms with Gasteiger partial charge in [0, 0.05) is 49.6 Å². The van der Waals surface area contributed by atoms with E-state index in [0.717, 1.165) is 30.2 Å². The van der Waals surface area contributed by atoms with Crippen molar-refractivity contribution >= 4 is 29.3 Å². The van der Waals surface area contributed by atoms with Gasteiger partial charge in [0.25, 0.3) is 5.91 Å². The Balaban J connectivity index is 1.89. The van der Waals surface area contributed by atoms with E-state index in [9.17, 15) is 4.79 Å². The van der Waals surface area contributed by atoms with Crippen molar-refractivity contribution in [2.24, 2.45) is 7.05 Å². The van der Waals surface area contributed by atoms with Crippen LogP contribution in [0, 0.1) is 0 Å². The van der Waals surface area contributed by atoms with Gasteiger partial charge in [-0.15, -0.1) is 0 Å². The molecule has 7 heteroatoms. The fourth-order valence-corrected chi connectivity index (χ4v) is 4.07. The van der Waals surface area contributed by atoms with Crippen LogP contribution in [0.5, 0.6) is 0 Å². The van der Waals surface area contributed by atoms with E-state index in [0.29, 0.717) is 10.7 Å². The number of amides is 1. The van der Waals surface area contributed by atoms with Crippen LogP contribution in [0.1, 0.15) is 29.0 Å². The minimum Gasteiger partial charge on any atom is -0.345 e. The van der Waals surface area contributed by atoms with Gasteiger partial charge in [0.1, 0.15) is 5.69 Å². The maximum atomic E-state index is 12.9. The molecule has 0 saturated carbocycles. The van der Waals surface area contributed by atoms with E-state index in [4.69, 9.17) is 11.6 Å². The summed E-state index contributed by atoms with van der Waals surface area (Å²) in [7, 11) is 1.85. The Hall–Kier alpha value is -1.40. The van der Waals surface area contributed by atoms with Crippen LogP contribution in [0.3, 0.4) is 0 Å². The summed E-state index contributed by atoms with van der Waals surface area (Å²) in [6, 6.07) is 1.80. The molecule has 1 aliphatic heterocycles. The van der Waals surface area contributed by atoms with Gasteiger partial charge in [-0.05, 0) is 13.0 Å². The Bertz CT molecular complexity index is 681. The lowest BCUT2D eigenvalue weighted by molar-refractivity contribution is 0.0691. The highest BCUT2D eigenvalue weighted by Crippen LogP contribution is 2.31. The summed E-state index contributed by atoms with van der Waals surface area (Å²) in [6.45, 7) is 3.64. The lowest BCUT2D eigenvalue weighted by atomic mass is 10.1. The SMILES string of the molecule is CCn1cc([C@@H]2CSCCN2C(=O)c2cc(Cl)cn2C)cn1. The van der Waals surface area contributed by atoms with E-state index in [-0.39, 0.29) is 11.9 Å². The molecule has 0 spiro atoms. The summed E-state index contributed by atoms with van der Waals surface area (Å²) < 4.78 is 3.69. The Morgan fingerprint density at radius 1 is 1.50 bits per heavy atom. The third-order valence-corrected chi connectivity index (χ3v) is 5.17. The molecule has 3 rings (SSSR count). The van der Waals surface area contributed by atoms with E-state index >= 15 is 0 Å². The highest BCUT2D eigenvalue weighted by atomic mass is 35.5. The minimum absolute atomic E-state index is 0.0314. The highest BCUT2D eigenvalue weighted by Gasteiger charge is 2.31. The minimum atomic E-state index is 0.0314. The molecular weight excluding hydrogens is 320 g/mol. The van der Waals surface area contributed by atoms with E-state index in [2.05, 4.69) is 12.0 Å². The Kier molecular flexibility index (Phi) is 4.49. The van der Waals surface area contributed by atoms with Crippen molar-refractivity contribution in [3.05, 3.63) is 40.9 Å². The number of hydrogen-bond donors (Lipinski definition) is 0. The standard InChI is InChI=1S/C15H19ClN4OS/c1-3-19-8-11(7-17-19)14-10-22-5-4-20(14)15(21)13-6-12(16)9-18(13)2/h6-9,14H,3-5,10H2,1-2H3/t14-/m0/s1. The van der Waals surface area contributed by atoms with Gasteiger partial charge in [0.2, 0.25) is 0 Å². The summed E-state index contributed by atoms with van der Waals surface area (Å²) in [4.78, 5) is 14.8. The molecule has 22 heavy (non-hydrogen) atoms. The molecule has 2 aromatic rings. The molecule has 2 aromatic heterocycles. The smallest absolute Gasteiger partial charge is 0.271 e. The van der Waals surface area contributed by atoms with Gasteiger partial charge in [-0.2, -0.15) is 16.9 Å². The number of carbonyl (C=O) groups excluding carboxylic acids is 1. The largest absolute Gasteiger partial charge is 0.345 e. The number of aromatic nitrogens is 3. The average Bonchev–Trinajstić information content (AvgIpc) is 3.13. The van der Waals surface area contributed by atoms with Crippen LogP contribution in [0.15, 0.2) is 24.7 Å². The summed E-state index contributed by atoms with van der Waals surface area (Å²) >= 11 is 7.89. The van der Waals surface area contributed by atoms with Crippen molar-refractivity contribution in [2.45, 2.75) is 19.5 Å². The first-order valence-electron chi connectivity index (χ1n) is 7.33. The number of hydrogen-bond acceptors (Lipinski definition) is 3. The van der Waals surface area contributed by atoms with E-state index in [1.54, 1.807) is 16.8 Å². The van der Waals surface area contributed by atoms with E-state index in [1.165, 1.54) is 0 Å². The number of halogens is 1. The first-order valence-corrected chi connectivity index (χ1v) is 8.86. The van der Waals surface area contributed by atoms with Crippen molar-refractivity contribution in [1.82, 2.24) is 19.2 Å². The Labute approximate surface area is 139 Å². The number of aryl methyl sites for hydroxylation is 2. The van der Waals surface area contributed by atoms with Crippen LogP contribution < -0.4 is 0 Å². The van der Waals surface area contributed by atoms with Gasteiger partial charge >= 0.3 is 0 Å². The Morgan fingerprint density at radius 2 is 2.32 bits per heavy atom. The lowest BCUT2D eigenvalue weighted by Crippen LogP contribution is -2.41. The Morgan fingerprint density at radius 3 is 2.95 bits per heavy atom.